The zero-order chi connectivity index (χ0) is 22.5. The Morgan fingerprint density at radius 3 is 2.30 bits per heavy atom. The van der Waals surface area contributed by atoms with Crippen LogP contribution in [0.1, 0.15) is 44.5 Å². The Morgan fingerprint density at radius 2 is 1.80 bits per heavy atom. The topological polar surface area (TPSA) is 110 Å². The van der Waals surface area contributed by atoms with Crippen LogP contribution >= 0.6 is 0 Å². The molecule has 3 atom stereocenters. The van der Waals surface area contributed by atoms with Crippen LogP contribution in [-0.4, -0.2) is 67.3 Å². The first kappa shape index (κ1) is 23.9. The number of hydrogen-bond acceptors (Lipinski definition) is 6. The third-order valence-corrected chi connectivity index (χ3v) is 6.91. The molecule has 1 aliphatic rings. The summed E-state index contributed by atoms with van der Waals surface area (Å²) in [6.45, 7) is 7.08. The highest BCUT2D eigenvalue weighted by atomic mass is 32.2. The number of likely N-dealkylation sites (N-methyl/N-ethyl adjacent to an activating group) is 1. The number of nitrogens with zero attached hydrogens (tertiary/aromatic N) is 1. The van der Waals surface area contributed by atoms with E-state index in [9.17, 15) is 22.8 Å². The van der Waals surface area contributed by atoms with Crippen LogP contribution in [0.3, 0.4) is 0 Å². The van der Waals surface area contributed by atoms with E-state index in [4.69, 9.17) is 4.74 Å². The lowest BCUT2D eigenvalue weighted by molar-refractivity contribution is -0.162. The van der Waals surface area contributed by atoms with Gasteiger partial charge in [0, 0.05) is 18.2 Å². The molecule has 0 aromatic heterocycles. The second-order valence-corrected chi connectivity index (χ2v) is 10.1. The highest BCUT2D eigenvalue weighted by molar-refractivity contribution is 7.91. The molecule has 2 unspecified atom stereocenters. The Bertz CT molecular complexity index is 869. The minimum absolute atomic E-state index is 0.0521. The van der Waals surface area contributed by atoms with Gasteiger partial charge in [0.25, 0.3) is 11.8 Å². The number of esters is 1. The molecule has 1 fully saturated rings. The molecule has 2 amide bonds. The molecule has 166 valence electrons. The molecule has 0 radical (unpaired) electrons. The second-order valence-electron chi connectivity index (χ2n) is 7.82. The van der Waals surface area contributed by atoms with Gasteiger partial charge in [-0.3, -0.25) is 9.59 Å². The molecule has 1 aromatic rings. The minimum Gasteiger partial charge on any atom is -0.451 e. The standard InChI is InChI=1S/C21H30N2O6S/c1-5-23(17-11-12-30(27,28)13-17)20(25)15(4)29-21(26)18(14(2)3)22-19(24)16-9-7-6-8-10-16/h6-10,14-15,17-18H,5,11-13H2,1-4H3,(H,22,24)/t15?,17?,18-/m0/s1. The van der Waals surface area contributed by atoms with Crippen molar-refractivity contribution in [2.45, 2.75) is 52.3 Å². The van der Waals surface area contributed by atoms with Gasteiger partial charge >= 0.3 is 5.97 Å². The SMILES string of the molecule is CCN(C(=O)C(C)OC(=O)[C@@H](NC(=O)c1ccccc1)C(C)C)C1CCS(=O)(=O)C1. The van der Waals surface area contributed by atoms with E-state index >= 15 is 0 Å². The number of carbonyl (C=O) groups excluding carboxylic acids is 3. The van der Waals surface area contributed by atoms with Crippen LogP contribution in [0.4, 0.5) is 0 Å². The van der Waals surface area contributed by atoms with Gasteiger partial charge in [-0.15, -0.1) is 0 Å². The zero-order valence-electron chi connectivity index (χ0n) is 17.8. The molecule has 30 heavy (non-hydrogen) atoms. The fraction of sp³-hybridized carbons (Fsp3) is 0.571. The van der Waals surface area contributed by atoms with Crippen molar-refractivity contribution >= 4 is 27.6 Å². The second kappa shape index (κ2) is 10.1. The number of rotatable bonds is 8. The third kappa shape index (κ3) is 6.04. The number of benzene rings is 1. The molecule has 0 bridgehead atoms. The van der Waals surface area contributed by atoms with E-state index < -0.39 is 45.8 Å². The van der Waals surface area contributed by atoms with Gasteiger partial charge in [0.1, 0.15) is 6.04 Å². The molecule has 2 rings (SSSR count). The van der Waals surface area contributed by atoms with Crippen molar-refractivity contribution < 1.29 is 27.5 Å². The van der Waals surface area contributed by atoms with Crippen LogP contribution < -0.4 is 5.32 Å². The molecule has 8 nitrogen and oxygen atoms in total. The molecule has 9 heteroatoms. The number of ether oxygens (including phenoxy) is 1. The Balaban J connectivity index is 2.03. The Labute approximate surface area is 177 Å². The third-order valence-electron chi connectivity index (χ3n) is 5.16. The summed E-state index contributed by atoms with van der Waals surface area (Å²) in [5.74, 6) is -1.83. The average molecular weight is 439 g/mol. The molecule has 1 N–H and O–H groups in total. The molecule has 1 saturated heterocycles. The molecule has 1 heterocycles. The van der Waals surface area contributed by atoms with Gasteiger partial charge in [0.05, 0.1) is 11.5 Å². The molecular formula is C21H30N2O6S. The van der Waals surface area contributed by atoms with E-state index in [1.54, 1.807) is 51.1 Å². The quantitative estimate of drug-likeness (QED) is 0.615. The van der Waals surface area contributed by atoms with Crippen LogP contribution in [0, 0.1) is 5.92 Å². The normalized spacial score (nSPS) is 19.7. The van der Waals surface area contributed by atoms with Crippen LogP contribution in [0.2, 0.25) is 0 Å². The maximum Gasteiger partial charge on any atom is 0.329 e. The molecule has 0 aliphatic carbocycles. The average Bonchev–Trinajstić information content (AvgIpc) is 3.05. The summed E-state index contributed by atoms with van der Waals surface area (Å²) in [6, 6.07) is 7.18. The maximum atomic E-state index is 12.8. The number of carbonyl (C=O) groups is 3. The Kier molecular flexibility index (Phi) is 8.00. The van der Waals surface area contributed by atoms with Crippen LogP contribution in [-0.2, 0) is 24.2 Å². The van der Waals surface area contributed by atoms with Crippen molar-refractivity contribution in [3.05, 3.63) is 35.9 Å². The van der Waals surface area contributed by atoms with Crippen molar-refractivity contribution in [3.63, 3.8) is 0 Å². The van der Waals surface area contributed by atoms with Crippen molar-refractivity contribution in [2.75, 3.05) is 18.1 Å². The van der Waals surface area contributed by atoms with Crippen molar-refractivity contribution in [2.24, 2.45) is 5.92 Å². The van der Waals surface area contributed by atoms with E-state index in [2.05, 4.69) is 5.32 Å². The van der Waals surface area contributed by atoms with Gasteiger partial charge < -0.3 is 15.0 Å². The minimum atomic E-state index is -3.15. The highest BCUT2D eigenvalue weighted by Gasteiger charge is 2.37. The summed E-state index contributed by atoms with van der Waals surface area (Å²) in [5, 5.41) is 2.67. The molecule has 1 aromatic carbocycles. The lowest BCUT2D eigenvalue weighted by Crippen LogP contribution is -2.50. The van der Waals surface area contributed by atoms with Gasteiger partial charge in [-0.05, 0) is 38.3 Å². The maximum absolute atomic E-state index is 12.8. The summed E-state index contributed by atoms with van der Waals surface area (Å²) >= 11 is 0. The van der Waals surface area contributed by atoms with E-state index in [-0.39, 0.29) is 17.4 Å². The summed E-state index contributed by atoms with van der Waals surface area (Å²) in [4.78, 5) is 39.4. The summed E-state index contributed by atoms with van der Waals surface area (Å²) in [6.07, 6.45) is -0.708. The molecule has 0 spiro atoms. The van der Waals surface area contributed by atoms with Crippen molar-refractivity contribution in [1.82, 2.24) is 10.2 Å². The molecular weight excluding hydrogens is 408 g/mol. The lowest BCUT2D eigenvalue weighted by atomic mass is 10.0. The van der Waals surface area contributed by atoms with E-state index in [0.717, 1.165) is 0 Å². The number of sulfone groups is 1. The largest absolute Gasteiger partial charge is 0.451 e. The van der Waals surface area contributed by atoms with Crippen LogP contribution in [0.5, 0.6) is 0 Å². The highest BCUT2D eigenvalue weighted by Crippen LogP contribution is 2.19. The molecule has 1 aliphatic heterocycles. The predicted molar refractivity (Wildman–Crippen MR) is 113 cm³/mol. The molecule has 0 saturated carbocycles. The van der Waals surface area contributed by atoms with Gasteiger partial charge in [0.2, 0.25) is 0 Å². The zero-order valence-corrected chi connectivity index (χ0v) is 18.6. The van der Waals surface area contributed by atoms with E-state index in [1.807, 2.05) is 0 Å². The smallest absolute Gasteiger partial charge is 0.329 e. The fourth-order valence-corrected chi connectivity index (χ4v) is 5.19. The van der Waals surface area contributed by atoms with Crippen LogP contribution in [0.15, 0.2) is 30.3 Å². The van der Waals surface area contributed by atoms with Crippen molar-refractivity contribution in [1.29, 1.82) is 0 Å². The van der Waals surface area contributed by atoms with E-state index in [1.165, 1.54) is 11.8 Å². The first-order valence-corrected chi connectivity index (χ1v) is 11.9. The lowest BCUT2D eigenvalue weighted by Gasteiger charge is -2.30. The summed E-state index contributed by atoms with van der Waals surface area (Å²) < 4.78 is 28.9. The first-order valence-electron chi connectivity index (χ1n) is 10.1. The fourth-order valence-electron chi connectivity index (χ4n) is 3.46. The Hall–Kier alpha value is -2.42. The van der Waals surface area contributed by atoms with Crippen LogP contribution in [0.25, 0.3) is 0 Å². The van der Waals surface area contributed by atoms with Gasteiger partial charge in [-0.25, -0.2) is 13.2 Å². The van der Waals surface area contributed by atoms with Gasteiger partial charge in [0.15, 0.2) is 15.9 Å². The number of nitrogens with one attached hydrogen (secondary N) is 1. The summed E-state index contributed by atoms with van der Waals surface area (Å²) in [5.41, 5.74) is 0.416. The van der Waals surface area contributed by atoms with Gasteiger partial charge in [-0.1, -0.05) is 32.0 Å². The predicted octanol–water partition coefficient (Wildman–Crippen LogP) is 1.41. The van der Waals surface area contributed by atoms with Gasteiger partial charge in [-0.2, -0.15) is 0 Å². The summed E-state index contributed by atoms with van der Waals surface area (Å²) in [7, 11) is -3.15. The monoisotopic (exact) mass is 438 g/mol. The first-order chi connectivity index (χ1) is 14.1. The number of amides is 2. The van der Waals surface area contributed by atoms with Crippen molar-refractivity contribution in [3.8, 4) is 0 Å². The van der Waals surface area contributed by atoms with E-state index in [0.29, 0.717) is 18.5 Å². The Morgan fingerprint density at radius 1 is 1.17 bits per heavy atom. The number of hydrogen-bond donors (Lipinski definition) is 1.